The van der Waals surface area contributed by atoms with Crippen molar-refractivity contribution < 1.29 is 14.3 Å². The van der Waals surface area contributed by atoms with Gasteiger partial charge in [-0.3, -0.25) is 9.59 Å². The fourth-order valence-corrected chi connectivity index (χ4v) is 2.84. The van der Waals surface area contributed by atoms with Crippen LogP contribution in [-0.2, 0) is 14.3 Å². The van der Waals surface area contributed by atoms with Crippen molar-refractivity contribution in [1.29, 1.82) is 0 Å². The molecule has 0 spiro atoms. The van der Waals surface area contributed by atoms with Crippen molar-refractivity contribution in [2.24, 2.45) is 0 Å². The molecule has 2 N–H and O–H groups in total. The molecule has 0 aliphatic carbocycles. The van der Waals surface area contributed by atoms with Gasteiger partial charge in [0.2, 0.25) is 11.8 Å². The van der Waals surface area contributed by atoms with E-state index in [0.29, 0.717) is 19.8 Å². The Morgan fingerprint density at radius 1 is 1.30 bits per heavy atom. The van der Waals surface area contributed by atoms with E-state index in [-0.39, 0.29) is 24.4 Å². The SMILES string of the molecule is Cc1cc(C)c(NC(=O)CN(C)C(=O)C2COCCN2)c(C)c1. The fraction of sp³-hybridized carbons (Fsp3) is 0.529. The first-order valence-corrected chi connectivity index (χ1v) is 7.82. The molecule has 1 saturated heterocycles. The highest BCUT2D eigenvalue weighted by atomic mass is 16.5. The fourth-order valence-electron chi connectivity index (χ4n) is 2.84. The second-order valence-corrected chi connectivity index (χ2v) is 6.10. The lowest BCUT2D eigenvalue weighted by Crippen LogP contribution is -2.52. The van der Waals surface area contributed by atoms with Gasteiger partial charge in [0, 0.05) is 19.3 Å². The van der Waals surface area contributed by atoms with Gasteiger partial charge in [0.25, 0.3) is 0 Å². The van der Waals surface area contributed by atoms with Crippen LogP contribution in [0, 0.1) is 20.8 Å². The zero-order chi connectivity index (χ0) is 17.0. The number of hydrogen-bond donors (Lipinski definition) is 2. The summed E-state index contributed by atoms with van der Waals surface area (Å²) < 4.78 is 5.29. The first kappa shape index (κ1) is 17.4. The van der Waals surface area contributed by atoms with Crippen molar-refractivity contribution in [1.82, 2.24) is 10.2 Å². The monoisotopic (exact) mass is 319 g/mol. The van der Waals surface area contributed by atoms with Crippen molar-refractivity contribution in [3.63, 3.8) is 0 Å². The van der Waals surface area contributed by atoms with Crippen LogP contribution in [0.2, 0.25) is 0 Å². The lowest BCUT2D eigenvalue weighted by Gasteiger charge is -2.27. The van der Waals surface area contributed by atoms with Crippen molar-refractivity contribution in [3.8, 4) is 0 Å². The number of amides is 2. The second kappa shape index (κ2) is 7.57. The average molecular weight is 319 g/mol. The van der Waals surface area contributed by atoms with Crippen LogP contribution >= 0.6 is 0 Å². The lowest BCUT2D eigenvalue weighted by molar-refractivity contribution is -0.137. The molecular formula is C17H25N3O3. The molecule has 1 aromatic carbocycles. The normalized spacial score (nSPS) is 17.7. The summed E-state index contributed by atoms with van der Waals surface area (Å²) in [4.78, 5) is 25.9. The summed E-state index contributed by atoms with van der Waals surface area (Å²) in [5, 5.41) is 6.01. The van der Waals surface area contributed by atoms with Gasteiger partial charge < -0.3 is 20.3 Å². The van der Waals surface area contributed by atoms with E-state index in [9.17, 15) is 9.59 Å². The maximum absolute atomic E-state index is 12.3. The third-order valence-electron chi connectivity index (χ3n) is 3.92. The molecule has 0 bridgehead atoms. The van der Waals surface area contributed by atoms with Crippen molar-refractivity contribution in [3.05, 3.63) is 28.8 Å². The summed E-state index contributed by atoms with van der Waals surface area (Å²) in [5.74, 6) is -0.329. The number of ether oxygens (including phenoxy) is 1. The van der Waals surface area contributed by atoms with Crippen LogP contribution in [0.25, 0.3) is 0 Å². The predicted molar refractivity (Wildman–Crippen MR) is 89.5 cm³/mol. The molecule has 1 atom stereocenters. The van der Waals surface area contributed by atoms with Crippen LogP contribution in [0.3, 0.4) is 0 Å². The van der Waals surface area contributed by atoms with E-state index in [2.05, 4.69) is 10.6 Å². The zero-order valence-electron chi connectivity index (χ0n) is 14.2. The molecule has 0 aromatic heterocycles. The predicted octanol–water partition coefficient (Wildman–Crippen LogP) is 0.997. The molecule has 2 amide bonds. The van der Waals surface area contributed by atoms with E-state index < -0.39 is 0 Å². The van der Waals surface area contributed by atoms with Gasteiger partial charge in [-0.15, -0.1) is 0 Å². The van der Waals surface area contributed by atoms with E-state index in [1.165, 1.54) is 4.90 Å². The van der Waals surface area contributed by atoms with Gasteiger partial charge in [0.1, 0.15) is 6.04 Å². The molecular weight excluding hydrogens is 294 g/mol. The summed E-state index contributed by atoms with van der Waals surface area (Å²) >= 11 is 0. The number of nitrogens with zero attached hydrogens (tertiary/aromatic N) is 1. The molecule has 1 aromatic rings. The maximum atomic E-state index is 12.3. The number of anilines is 1. The Balaban J connectivity index is 1.95. The van der Waals surface area contributed by atoms with Gasteiger partial charge in [0.15, 0.2) is 0 Å². The minimum Gasteiger partial charge on any atom is -0.378 e. The van der Waals surface area contributed by atoms with Gasteiger partial charge in [0.05, 0.1) is 19.8 Å². The number of likely N-dealkylation sites (N-methyl/N-ethyl adjacent to an activating group) is 1. The minimum atomic E-state index is -0.371. The molecule has 1 aliphatic heterocycles. The minimum absolute atomic E-state index is 0.0176. The van der Waals surface area contributed by atoms with Gasteiger partial charge in [-0.05, 0) is 31.9 Å². The first-order valence-electron chi connectivity index (χ1n) is 7.82. The number of hydrogen-bond acceptors (Lipinski definition) is 4. The number of morpholine rings is 1. The van der Waals surface area contributed by atoms with Crippen molar-refractivity contribution in [2.75, 3.05) is 38.7 Å². The molecule has 1 heterocycles. The van der Waals surface area contributed by atoms with E-state index >= 15 is 0 Å². The third-order valence-corrected chi connectivity index (χ3v) is 3.92. The van der Waals surface area contributed by atoms with Crippen LogP contribution in [0.5, 0.6) is 0 Å². The number of nitrogens with one attached hydrogen (secondary N) is 2. The van der Waals surface area contributed by atoms with Crippen LogP contribution < -0.4 is 10.6 Å². The molecule has 6 nitrogen and oxygen atoms in total. The maximum Gasteiger partial charge on any atom is 0.243 e. The summed E-state index contributed by atoms with van der Waals surface area (Å²) in [6.07, 6.45) is 0. The largest absolute Gasteiger partial charge is 0.378 e. The third kappa shape index (κ3) is 4.53. The molecule has 2 rings (SSSR count). The molecule has 23 heavy (non-hydrogen) atoms. The van der Waals surface area contributed by atoms with Crippen LogP contribution in [0.1, 0.15) is 16.7 Å². The van der Waals surface area contributed by atoms with Gasteiger partial charge in [-0.25, -0.2) is 0 Å². The van der Waals surface area contributed by atoms with E-state index in [4.69, 9.17) is 4.74 Å². The Morgan fingerprint density at radius 2 is 1.96 bits per heavy atom. The summed E-state index contributed by atoms with van der Waals surface area (Å²) in [6, 6.07) is 3.69. The Labute approximate surface area is 137 Å². The van der Waals surface area contributed by atoms with Crippen LogP contribution in [0.4, 0.5) is 5.69 Å². The zero-order valence-corrected chi connectivity index (χ0v) is 14.2. The summed E-state index contributed by atoms with van der Waals surface area (Å²) in [5.41, 5.74) is 4.02. The van der Waals surface area contributed by atoms with Gasteiger partial charge >= 0.3 is 0 Å². The Kier molecular flexibility index (Phi) is 5.74. The number of aryl methyl sites for hydroxylation is 3. The molecule has 126 valence electrons. The van der Waals surface area contributed by atoms with Gasteiger partial charge in [-0.2, -0.15) is 0 Å². The quantitative estimate of drug-likeness (QED) is 0.868. The van der Waals surface area contributed by atoms with E-state index in [1.54, 1.807) is 7.05 Å². The highest BCUT2D eigenvalue weighted by molar-refractivity contribution is 5.96. The average Bonchev–Trinajstić information content (AvgIpc) is 2.51. The van der Waals surface area contributed by atoms with E-state index in [1.807, 2.05) is 32.9 Å². The molecule has 0 radical (unpaired) electrons. The number of rotatable bonds is 4. The second-order valence-electron chi connectivity index (χ2n) is 6.10. The Bertz CT molecular complexity index is 572. The van der Waals surface area contributed by atoms with Crippen molar-refractivity contribution in [2.45, 2.75) is 26.8 Å². The highest BCUT2D eigenvalue weighted by Crippen LogP contribution is 2.21. The molecule has 1 unspecified atom stereocenters. The highest BCUT2D eigenvalue weighted by Gasteiger charge is 2.25. The standard InChI is InChI=1S/C17H25N3O3/c1-11-7-12(2)16(13(3)8-11)19-15(21)9-20(4)17(22)14-10-23-6-5-18-14/h7-8,14,18H,5-6,9-10H2,1-4H3,(H,19,21). The molecule has 6 heteroatoms. The van der Waals surface area contributed by atoms with Crippen LogP contribution in [-0.4, -0.2) is 56.1 Å². The number of carbonyl (C=O) groups excluding carboxylic acids is 2. The van der Waals surface area contributed by atoms with Crippen LogP contribution in [0.15, 0.2) is 12.1 Å². The summed E-state index contributed by atoms with van der Waals surface area (Å²) in [6.45, 7) is 7.59. The smallest absolute Gasteiger partial charge is 0.243 e. The summed E-state index contributed by atoms with van der Waals surface area (Å²) in [7, 11) is 1.63. The molecule has 1 fully saturated rings. The van der Waals surface area contributed by atoms with Crippen molar-refractivity contribution >= 4 is 17.5 Å². The van der Waals surface area contributed by atoms with Gasteiger partial charge in [-0.1, -0.05) is 17.7 Å². The molecule has 0 saturated carbocycles. The topological polar surface area (TPSA) is 70.7 Å². The Morgan fingerprint density at radius 3 is 2.52 bits per heavy atom. The number of carbonyl (C=O) groups is 2. The first-order chi connectivity index (χ1) is 10.9. The Hall–Kier alpha value is -1.92. The molecule has 1 aliphatic rings. The van der Waals surface area contributed by atoms with E-state index in [0.717, 1.165) is 22.4 Å². The number of benzene rings is 1. The lowest BCUT2D eigenvalue weighted by atomic mass is 10.1.